The van der Waals surface area contributed by atoms with Crippen molar-refractivity contribution in [2.45, 2.75) is 44.8 Å². The van der Waals surface area contributed by atoms with Crippen LogP contribution in [0.15, 0.2) is 24.3 Å². The number of ether oxygens (including phenoxy) is 1. The van der Waals surface area contributed by atoms with Gasteiger partial charge in [-0.2, -0.15) is 0 Å². The summed E-state index contributed by atoms with van der Waals surface area (Å²) in [5.74, 6) is 1.64. The lowest BCUT2D eigenvalue weighted by Crippen LogP contribution is -2.43. The lowest BCUT2D eigenvalue weighted by atomic mass is 9.79. The Morgan fingerprint density at radius 1 is 1.26 bits per heavy atom. The van der Waals surface area contributed by atoms with Crippen LogP contribution in [0.25, 0.3) is 0 Å². The van der Waals surface area contributed by atoms with Crippen molar-refractivity contribution in [1.82, 2.24) is 5.32 Å². The normalized spacial score (nSPS) is 27.2. The molecule has 0 spiro atoms. The Morgan fingerprint density at radius 3 is 2.47 bits per heavy atom. The fraction of sp³-hybridized carbons (Fsp3) is 0.625. The molecule has 1 aromatic carbocycles. The molecule has 1 fully saturated rings. The molecule has 1 saturated carbocycles. The Hall–Kier alpha value is -1.06. The van der Waals surface area contributed by atoms with Crippen LogP contribution < -0.4 is 10.1 Å². The lowest BCUT2D eigenvalue weighted by molar-refractivity contribution is -0.00630. The van der Waals surface area contributed by atoms with Gasteiger partial charge in [0.1, 0.15) is 5.75 Å². The Labute approximate surface area is 116 Å². The quantitative estimate of drug-likeness (QED) is 0.858. The monoisotopic (exact) mass is 263 g/mol. The van der Waals surface area contributed by atoms with E-state index in [4.69, 9.17) is 4.74 Å². The molecule has 0 heterocycles. The van der Waals surface area contributed by atoms with Gasteiger partial charge in [0, 0.05) is 13.1 Å². The summed E-state index contributed by atoms with van der Waals surface area (Å²) in [6.07, 6.45) is 4.12. The van der Waals surface area contributed by atoms with Gasteiger partial charge in [-0.1, -0.05) is 19.1 Å². The van der Waals surface area contributed by atoms with Gasteiger partial charge >= 0.3 is 0 Å². The van der Waals surface area contributed by atoms with E-state index in [0.717, 1.165) is 43.9 Å². The minimum atomic E-state index is -0.501. The number of rotatable bonds is 5. The van der Waals surface area contributed by atoms with E-state index in [2.05, 4.69) is 24.4 Å². The van der Waals surface area contributed by atoms with E-state index in [-0.39, 0.29) is 0 Å². The van der Waals surface area contributed by atoms with E-state index >= 15 is 0 Å². The summed E-state index contributed by atoms with van der Waals surface area (Å²) >= 11 is 0. The van der Waals surface area contributed by atoms with Crippen LogP contribution >= 0.6 is 0 Å². The third-order valence-electron chi connectivity index (χ3n) is 4.15. The zero-order valence-corrected chi connectivity index (χ0v) is 12.0. The van der Waals surface area contributed by atoms with Crippen molar-refractivity contribution in [3.8, 4) is 5.75 Å². The van der Waals surface area contributed by atoms with Gasteiger partial charge in [-0.05, 0) is 49.3 Å². The van der Waals surface area contributed by atoms with Gasteiger partial charge < -0.3 is 15.2 Å². The summed E-state index contributed by atoms with van der Waals surface area (Å²) in [5, 5.41) is 13.8. The Balaban J connectivity index is 1.76. The van der Waals surface area contributed by atoms with Gasteiger partial charge in [-0.25, -0.2) is 0 Å². The van der Waals surface area contributed by atoms with E-state index in [9.17, 15) is 5.11 Å². The first-order valence-electron chi connectivity index (χ1n) is 7.17. The zero-order valence-electron chi connectivity index (χ0n) is 12.0. The lowest BCUT2D eigenvalue weighted by Gasteiger charge is -2.35. The summed E-state index contributed by atoms with van der Waals surface area (Å²) in [4.78, 5) is 0. The van der Waals surface area contributed by atoms with Crippen LogP contribution in [0.1, 0.15) is 38.2 Å². The predicted molar refractivity (Wildman–Crippen MR) is 77.3 cm³/mol. The molecule has 3 heteroatoms. The Kier molecular flexibility index (Phi) is 4.83. The number of methoxy groups -OCH3 is 1. The Morgan fingerprint density at radius 2 is 1.89 bits per heavy atom. The van der Waals surface area contributed by atoms with E-state index in [1.165, 1.54) is 5.56 Å². The van der Waals surface area contributed by atoms with Crippen LogP contribution in [-0.4, -0.2) is 24.4 Å². The molecular formula is C16H25NO2. The highest BCUT2D eigenvalue weighted by atomic mass is 16.5. The van der Waals surface area contributed by atoms with Crippen LogP contribution in [0.2, 0.25) is 0 Å². The van der Waals surface area contributed by atoms with E-state index in [0.29, 0.717) is 6.54 Å². The van der Waals surface area contributed by atoms with Crippen LogP contribution in [0.5, 0.6) is 5.75 Å². The molecule has 2 N–H and O–H groups in total. The van der Waals surface area contributed by atoms with Crippen molar-refractivity contribution in [3.63, 3.8) is 0 Å². The van der Waals surface area contributed by atoms with Crippen molar-refractivity contribution < 1.29 is 9.84 Å². The van der Waals surface area contributed by atoms with E-state index < -0.39 is 5.60 Å². The topological polar surface area (TPSA) is 41.5 Å². The maximum Gasteiger partial charge on any atom is 0.118 e. The molecule has 3 nitrogen and oxygen atoms in total. The second-order valence-corrected chi connectivity index (χ2v) is 5.86. The number of nitrogens with one attached hydrogen (secondary N) is 1. The van der Waals surface area contributed by atoms with Crippen molar-refractivity contribution in [3.05, 3.63) is 29.8 Å². The van der Waals surface area contributed by atoms with Gasteiger partial charge in [0.15, 0.2) is 0 Å². The molecule has 0 amide bonds. The van der Waals surface area contributed by atoms with Crippen molar-refractivity contribution >= 4 is 0 Å². The molecule has 0 aliphatic heterocycles. The summed E-state index contributed by atoms with van der Waals surface area (Å²) < 4.78 is 5.13. The largest absolute Gasteiger partial charge is 0.497 e. The number of hydrogen-bond donors (Lipinski definition) is 2. The highest BCUT2D eigenvalue weighted by Crippen LogP contribution is 2.31. The minimum absolute atomic E-state index is 0.501. The second kappa shape index (κ2) is 6.40. The van der Waals surface area contributed by atoms with Gasteiger partial charge in [-0.3, -0.25) is 0 Å². The second-order valence-electron chi connectivity index (χ2n) is 5.86. The van der Waals surface area contributed by atoms with Crippen LogP contribution in [-0.2, 0) is 6.54 Å². The maximum absolute atomic E-state index is 10.5. The third kappa shape index (κ3) is 4.22. The van der Waals surface area contributed by atoms with Crippen LogP contribution in [0.4, 0.5) is 0 Å². The van der Waals surface area contributed by atoms with E-state index in [1.807, 2.05) is 12.1 Å². The van der Waals surface area contributed by atoms with Gasteiger partial charge in [0.05, 0.1) is 12.7 Å². The van der Waals surface area contributed by atoms with Gasteiger partial charge in [0.2, 0.25) is 0 Å². The van der Waals surface area contributed by atoms with E-state index in [1.54, 1.807) is 7.11 Å². The van der Waals surface area contributed by atoms with Gasteiger partial charge in [-0.15, -0.1) is 0 Å². The minimum Gasteiger partial charge on any atom is -0.497 e. The molecule has 1 aliphatic rings. The van der Waals surface area contributed by atoms with Crippen molar-refractivity contribution in [2.24, 2.45) is 5.92 Å². The molecule has 0 saturated heterocycles. The smallest absolute Gasteiger partial charge is 0.118 e. The Bertz CT molecular complexity index is 380. The molecule has 2 rings (SSSR count). The number of hydrogen-bond acceptors (Lipinski definition) is 3. The summed E-state index contributed by atoms with van der Waals surface area (Å²) in [6, 6.07) is 8.04. The fourth-order valence-electron chi connectivity index (χ4n) is 2.66. The predicted octanol–water partition coefficient (Wildman–Crippen LogP) is 2.73. The molecule has 0 atom stereocenters. The first kappa shape index (κ1) is 14.4. The standard InChI is InChI=1S/C16H25NO2/c1-13-7-9-16(18,10-8-13)12-17-11-14-3-5-15(19-2)6-4-14/h3-6,13,17-18H,7-12H2,1-2H3. The number of benzene rings is 1. The molecule has 19 heavy (non-hydrogen) atoms. The van der Waals surface area contributed by atoms with Crippen LogP contribution in [0.3, 0.4) is 0 Å². The molecule has 0 unspecified atom stereocenters. The SMILES string of the molecule is COc1ccc(CNCC2(O)CCC(C)CC2)cc1. The first-order chi connectivity index (χ1) is 9.11. The summed E-state index contributed by atoms with van der Waals surface area (Å²) in [5.41, 5.74) is 0.715. The molecule has 1 aromatic rings. The summed E-state index contributed by atoms with van der Waals surface area (Å²) in [7, 11) is 1.67. The average molecular weight is 263 g/mol. The fourth-order valence-corrected chi connectivity index (χ4v) is 2.66. The molecule has 0 bridgehead atoms. The molecule has 0 aromatic heterocycles. The molecule has 1 aliphatic carbocycles. The van der Waals surface area contributed by atoms with Gasteiger partial charge in [0.25, 0.3) is 0 Å². The van der Waals surface area contributed by atoms with Crippen LogP contribution in [0, 0.1) is 5.92 Å². The molecule has 0 radical (unpaired) electrons. The highest BCUT2D eigenvalue weighted by molar-refractivity contribution is 5.27. The molecular weight excluding hydrogens is 238 g/mol. The highest BCUT2D eigenvalue weighted by Gasteiger charge is 2.31. The molecule has 106 valence electrons. The summed E-state index contributed by atoms with van der Waals surface area (Å²) in [6.45, 7) is 3.75. The first-order valence-corrected chi connectivity index (χ1v) is 7.17. The van der Waals surface area contributed by atoms with Crippen molar-refractivity contribution in [1.29, 1.82) is 0 Å². The average Bonchev–Trinajstić information content (AvgIpc) is 2.43. The maximum atomic E-state index is 10.5. The van der Waals surface area contributed by atoms with Crippen molar-refractivity contribution in [2.75, 3.05) is 13.7 Å². The third-order valence-corrected chi connectivity index (χ3v) is 4.15. The zero-order chi connectivity index (χ0) is 13.7. The number of aliphatic hydroxyl groups is 1.